The smallest absolute Gasteiger partial charge is 0.160 e. The molecule has 3 unspecified atom stereocenters. The lowest BCUT2D eigenvalue weighted by Crippen LogP contribution is -2.28. The highest BCUT2D eigenvalue weighted by atomic mass is 16.5. The van der Waals surface area contributed by atoms with Gasteiger partial charge in [0.1, 0.15) is 0 Å². The van der Waals surface area contributed by atoms with Crippen LogP contribution in [0.5, 0.6) is 11.5 Å². The Balaban J connectivity index is 2.26. The third-order valence-electron chi connectivity index (χ3n) is 4.78. The van der Waals surface area contributed by atoms with Gasteiger partial charge in [0.15, 0.2) is 11.5 Å². The monoisotopic (exact) mass is 277 g/mol. The van der Waals surface area contributed by atoms with Gasteiger partial charge in [0, 0.05) is 0 Å². The average Bonchev–Trinajstić information content (AvgIpc) is 2.49. The van der Waals surface area contributed by atoms with Crippen molar-refractivity contribution in [3.8, 4) is 11.5 Å². The molecule has 0 amide bonds. The van der Waals surface area contributed by atoms with Gasteiger partial charge in [-0.15, -0.1) is 0 Å². The molecule has 2 N–H and O–H groups in total. The molecule has 0 spiro atoms. The Morgan fingerprint density at radius 1 is 1.15 bits per heavy atom. The molecular formula is C17H27NO2. The Morgan fingerprint density at radius 3 is 2.45 bits per heavy atom. The third kappa shape index (κ3) is 3.09. The van der Waals surface area contributed by atoms with Crippen LogP contribution in [0, 0.1) is 11.8 Å². The number of nitrogens with two attached hydrogens (primary N) is 1. The average molecular weight is 277 g/mol. The first-order valence-corrected chi connectivity index (χ1v) is 7.63. The Kier molecular flexibility index (Phi) is 5.30. The lowest BCUT2D eigenvalue weighted by molar-refractivity contribution is 0.218. The van der Waals surface area contributed by atoms with Gasteiger partial charge >= 0.3 is 0 Å². The summed E-state index contributed by atoms with van der Waals surface area (Å²) in [4.78, 5) is 0. The van der Waals surface area contributed by atoms with Gasteiger partial charge in [-0.2, -0.15) is 0 Å². The van der Waals surface area contributed by atoms with Crippen LogP contribution in [0.4, 0.5) is 0 Å². The molecule has 1 aliphatic carbocycles. The van der Waals surface area contributed by atoms with Crippen LogP contribution in [0.3, 0.4) is 0 Å². The van der Waals surface area contributed by atoms with E-state index >= 15 is 0 Å². The van der Waals surface area contributed by atoms with Crippen LogP contribution in [0.2, 0.25) is 0 Å². The van der Waals surface area contributed by atoms with Gasteiger partial charge in [-0.1, -0.05) is 32.3 Å². The summed E-state index contributed by atoms with van der Waals surface area (Å²) in [6.45, 7) is 3.07. The molecule has 0 aliphatic heterocycles. The molecule has 1 fully saturated rings. The Morgan fingerprint density at radius 2 is 1.85 bits per heavy atom. The van der Waals surface area contributed by atoms with Gasteiger partial charge in [0.25, 0.3) is 0 Å². The number of hydrogen-bond donors (Lipinski definition) is 1. The summed E-state index contributed by atoms with van der Waals surface area (Å²) in [5.41, 5.74) is 7.37. The van der Waals surface area contributed by atoms with Crippen molar-refractivity contribution in [2.24, 2.45) is 17.6 Å². The van der Waals surface area contributed by atoms with Gasteiger partial charge < -0.3 is 15.2 Å². The fourth-order valence-electron chi connectivity index (χ4n) is 3.58. The van der Waals surface area contributed by atoms with E-state index in [1.54, 1.807) is 14.2 Å². The molecule has 1 aromatic rings. The topological polar surface area (TPSA) is 44.5 Å². The largest absolute Gasteiger partial charge is 0.493 e. The Hall–Kier alpha value is -1.22. The molecule has 0 bridgehead atoms. The van der Waals surface area contributed by atoms with E-state index in [0.29, 0.717) is 18.4 Å². The van der Waals surface area contributed by atoms with E-state index in [1.165, 1.54) is 31.2 Å². The van der Waals surface area contributed by atoms with Crippen LogP contribution in [0.1, 0.15) is 44.1 Å². The molecule has 0 saturated heterocycles. The molecule has 1 aliphatic rings. The van der Waals surface area contributed by atoms with Crippen LogP contribution in [-0.4, -0.2) is 20.8 Å². The van der Waals surface area contributed by atoms with E-state index in [4.69, 9.17) is 15.2 Å². The zero-order chi connectivity index (χ0) is 14.5. The lowest BCUT2D eigenvalue weighted by Gasteiger charge is -2.35. The van der Waals surface area contributed by atoms with Gasteiger partial charge in [0.05, 0.1) is 14.2 Å². The van der Waals surface area contributed by atoms with Crippen LogP contribution in [0.25, 0.3) is 0 Å². The fourth-order valence-corrected chi connectivity index (χ4v) is 3.58. The second kappa shape index (κ2) is 6.98. The zero-order valence-corrected chi connectivity index (χ0v) is 12.9. The number of ether oxygens (including phenoxy) is 2. The first-order valence-electron chi connectivity index (χ1n) is 7.63. The highest BCUT2D eigenvalue weighted by Crippen LogP contribution is 2.41. The molecular weight excluding hydrogens is 250 g/mol. The quantitative estimate of drug-likeness (QED) is 0.894. The number of hydrogen-bond acceptors (Lipinski definition) is 3. The zero-order valence-electron chi connectivity index (χ0n) is 12.9. The van der Waals surface area contributed by atoms with Gasteiger partial charge in [-0.05, 0) is 48.4 Å². The van der Waals surface area contributed by atoms with E-state index in [2.05, 4.69) is 19.1 Å². The van der Waals surface area contributed by atoms with Crippen molar-refractivity contribution < 1.29 is 9.47 Å². The Labute approximate surface area is 122 Å². The molecule has 112 valence electrons. The maximum Gasteiger partial charge on any atom is 0.160 e. The van der Waals surface area contributed by atoms with Crippen LogP contribution < -0.4 is 15.2 Å². The highest BCUT2D eigenvalue weighted by molar-refractivity contribution is 5.44. The highest BCUT2D eigenvalue weighted by Gasteiger charge is 2.29. The molecule has 3 atom stereocenters. The summed E-state index contributed by atoms with van der Waals surface area (Å²) in [7, 11) is 3.35. The lowest BCUT2D eigenvalue weighted by atomic mass is 9.71. The molecule has 20 heavy (non-hydrogen) atoms. The van der Waals surface area contributed by atoms with Crippen LogP contribution in [0.15, 0.2) is 18.2 Å². The third-order valence-corrected chi connectivity index (χ3v) is 4.78. The SMILES string of the molecule is COc1ccc(C(CN)C2CCCCC2C)cc1OC. The molecule has 2 rings (SSSR count). The van der Waals surface area contributed by atoms with Crippen molar-refractivity contribution in [2.45, 2.75) is 38.5 Å². The minimum atomic E-state index is 0.421. The minimum absolute atomic E-state index is 0.421. The van der Waals surface area contributed by atoms with Crippen LogP contribution >= 0.6 is 0 Å². The summed E-state index contributed by atoms with van der Waals surface area (Å²) in [5, 5.41) is 0. The molecule has 1 saturated carbocycles. The van der Waals surface area contributed by atoms with E-state index in [1.807, 2.05) is 6.07 Å². The van der Waals surface area contributed by atoms with Crippen molar-refractivity contribution in [1.82, 2.24) is 0 Å². The summed E-state index contributed by atoms with van der Waals surface area (Å²) in [5.74, 6) is 3.44. The second-order valence-corrected chi connectivity index (χ2v) is 5.88. The van der Waals surface area contributed by atoms with Crippen molar-refractivity contribution >= 4 is 0 Å². The summed E-state index contributed by atoms with van der Waals surface area (Å²) >= 11 is 0. The molecule has 3 nitrogen and oxygen atoms in total. The van der Waals surface area contributed by atoms with Gasteiger partial charge in [0.2, 0.25) is 0 Å². The molecule has 0 radical (unpaired) electrons. The minimum Gasteiger partial charge on any atom is -0.493 e. The number of rotatable bonds is 5. The summed E-state index contributed by atoms with van der Waals surface area (Å²) in [6, 6.07) is 6.22. The molecule has 0 heterocycles. The van der Waals surface area contributed by atoms with E-state index in [0.717, 1.165) is 17.4 Å². The van der Waals surface area contributed by atoms with Crippen molar-refractivity contribution in [2.75, 3.05) is 20.8 Å². The molecule has 1 aromatic carbocycles. The standard InChI is InChI=1S/C17H27NO2/c1-12-6-4-5-7-14(12)15(11-18)13-8-9-16(19-2)17(10-13)20-3/h8-10,12,14-15H,4-7,11,18H2,1-3H3. The van der Waals surface area contributed by atoms with Crippen LogP contribution in [-0.2, 0) is 0 Å². The molecule has 0 aromatic heterocycles. The van der Waals surface area contributed by atoms with Crippen molar-refractivity contribution in [3.63, 3.8) is 0 Å². The predicted octanol–water partition coefficient (Wildman–Crippen LogP) is 3.57. The van der Waals surface area contributed by atoms with E-state index < -0.39 is 0 Å². The Bertz CT molecular complexity index is 433. The normalized spacial score (nSPS) is 24.2. The first-order chi connectivity index (χ1) is 9.71. The summed E-state index contributed by atoms with van der Waals surface area (Å²) < 4.78 is 10.7. The second-order valence-electron chi connectivity index (χ2n) is 5.88. The summed E-state index contributed by atoms with van der Waals surface area (Å²) in [6.07, 6.45) is 5.31. The number of methoxy groups -OCH3 is 2. The van der Waals surface area contributed by atoms with Gasteiger partial charge in [-0.25, -0.2) is 0 Å². The predicted molar refractivity (Wildman–Crippen MR) is 82.5 cm³/mol. The fraction of sp³-hybridized carbons (Fsp3) is 0.647. The maximum atomic E-state index is 6.09. The van der Waals surface area contributed by atoms with Gasteiger partial charge in [-0.3, -0.25) is 0 Å². The number of benzene rings is 1. The van der Waals surface area contributed by atoms with Crippen molar-refractivity contribution in [1.29, 1.82) is 0 Å². The van der Waals surface area contributed by atoms with E-state index in [-0.39, 0.29) is 0 Å². The first kappa shape index (κ1) is 15.2. The molecule has 3 heteroatoms. The van der Waals surface area contributed by atoms with E-state index in [9.17, 15) is 0 Å². The van der Waals surface area contributed by atoms with Crippen molar-refractivity contribution in [3.05, 3.63) is 23.8 Å². The maximum absolute atomic E-state index is 6.09.